The van der Waals surface area contributed by atoms with Crippen molar-refractivity contribution in [1.82, 2.24) is 0 Å². The van der Waals surface area contributed by atoms with Gasteiger partial charge in [-0.15, -0.1) is 0 Å². The van der Waals surface area contributed by atoms with Gasteiger partial charge in [-0.1, -0.05) is 54.1 Å². The molecule has 0 heterocycles. The molecule has 0 aromatic heterocycles. The Balaban J connectivity index is 1.63. The molecular weight excluding hydrogens is 360 g/mol. The van der Waals surface area contributed by atoms with Gasteiger partial charge in [-0.25, -0.2) is 0 Å². The summed E-state index contributed by atoms with van der Waals surface area (Å²) < 4.78 is 5.14. The van der Waals surface area contributed by atoms with Crippen LogP contribution >= 0.6 is 0 Å². The number of carbonyl (C=O) groups is 2. The van der Waals surface area contributed by atoms with Crippen molar-refractivity contribution in [3.05, 3.63) is 113 Å². The van der Waals surface area contributed by atoms with E-state index in [1.165, 1.54) is 0 Å². The number of aryl methyl sites for hydroxylation is 1. The van der Waals surface area contributed by atoms with Gasteiger partial charge < -0.3 is 4.74 Å². The fourth-order valence-electron chi connectivity index (χ4n) is 3.31. The summed E-state index contributed by atoms with van der Waals surface area (Å²) in [5, 5.41) is 1.85. The Kier molecular flexibility index (Phi) is 4.96. The topological polar surface area (TPSA) is 43.4 Å². The van der Waals surface area contributed by atoms with Gasteiger partial charge in [0.2, 0.25) is 0 Å². The van der Waals surface area contributed by atoms with Crippen molar-refractivity contribution in [2.45, 2.75) is 6.92 Å². The first-order valence-corrected chi connectivity index (χ1v) is 9.39. The van der Waals surface area contributed by atoms with Crippen LogP contribution in [0.15, 0.2) is 84.9 Å². The number of rotatable bonds is 5. The molecule has 0 bridgehead atoms. The summed E-state index contributed by atoms with van der Waals surface area (Å²) in [4.78, 5) is 25.5. The largest absolute Gasteiger partial charge is 0.497 e. The van der Waals surface area contributed by atoms with Crippen molar-refractivity contribution in [3.63, 3.8) is 0 Å². The quantitative estimate of drug-likeness (QED) is 0.422. The van der Waals surface area contributed by atoms with Gasteiger partial charge in [0, 0.05) is 22.3 Å². The molecule has 0 aliphatic heterocycles. The minimum Gasteiger partial charge on any atom is -0.497 e. The van der Waals surface area contributed by atoms with Crippen LogP contribution in [0.25, 0.3) is 10.8 Å². The van der Waals surface area contributed by atoms with E-state index >= 15 is 0 Å². The summed E-state index contributed by atoms with van der Waals surface area (Å²) in [5.74, 6) is 0.658. The smallest absolute Gasteiger partial charge is 0.193 e. The summed E-state index contributed by atoms with van der Waals surface area (Å²) >= 11 is 0. The van der Waals surface area contributed by atoms with E-state index in [-0.39, 0.29) is 11.6 Å². The van der Waals surface area contributed by atoms with Crippen LogP contribution in [0.1, 0.15) is 37.4 Å². The van der Waals surface area contributed by atoms with Crippen molar-refractivity contribution < 1.29 is 14.3 Å². The molecule has 0 aliphatic carbocycles. The Labute approximate surface area is 169 Å². The molecule has 142 valence electrons. The van der Waals surface area contributed by atoms with E-state index in [1.807, 2.05) is 61.5 Å². The molecule has 0 fully saturated rings. The van der Waals surface area contributed by atoms with Gasteiger partial charge in [0.05, 0.1) is 7.11 Å². The highest BCUT2D eigenvalue weighted by molar-refractivity contribution is 6.12. The van der Waals surface area contributed by atoms with Gasteiger partial charge in [-0.05, 0) is 54.1 Å². The van der Waals surface area contributed by atoms with Crippen LogP contribution in [0.2, 0.25) is 0 Å². The molecule has 4 rings (SSSR count). The fraction of sp³-hybridized carbons (Fsp3) is 0.0769. The molecule has 4 aromatic rings. The van der Waals surface area contributed by atoms with E-state index in [4.69, 9.17) is 4.74 Å². The zero-order valence-electron chi connectivity index (χ0n) is 16.3. The second kappa shape index (κ2) is 7.72. The number of hydrogen-bond acceptors (Lipinski definition) is 3. The minimum absolute atomic E-state index is 0.00899. The molecule has 0 radical (unpaired) electrons. The summed E-state index contributed by atoms with van der Waals surface area (Å²) in [6.07, 6.45) is 0. The molecule has 0 aliphatic rings. The van der Waals surface area contributed by atoms with Crippen LogP contribution in [0.4, 0.5) is 0 Å². The van der Waals surface area contributed by atoms with Gasteiger partial charge in [0.15, 0.2) is 11.6 Å². The zero-order chi connectivity index (χ0) is 20.4. The van der Waals surface area contributed by atoms with Crippen LogP contribution in [0.3, 0.4) is 0 Å². The van der Waals surface area contributed by atoms with Crippen molar-refractivity contribution in [2.24, 2.45) is 0 Å². The molecule has 4 aromatic carbocycles. The van der Waals surface area contributed by atoms with Gasteiger partial charge in [-0.2, -0.15) is 0 Å². The summed E-state index contributed by atoms with van der Waals surface area (Å²) in [6, 6.07) is 25.8. The average molecular weight is 380 g/mol. The molecule has 0 N–H and O–H groups in total. The molecule has 29 heavy (non-hydrogen) atoms. The van der Waals surface area contributed by atoms with E-state index < -0.39 is 0 Å². The summed E-state index contributed by atoms with van der Waals surface area (Å²) in [7, 11) is 1.60. The lowest BCUT2D eigenvalue weighted by atomic mass is 9.96. The Hall–Kier alpha value is -3.72. The lowest BCUT2D eigenvalue weighted by Crippen LogP contribution is -2.02. The normalized spacial score (nSPS) is 10.7. The predicted molar refractivity (Wildman–Crippen MR) is 115 cm³/mol. The first-order chi connectivity index (χ1) is 14.0. The van der Waals surface area contributed by atoms with Crippen LogP contribution in [0, 0.1) is 6.92 Å². The van der Waals surface area contributed by atoms with E-state index in [1.54, 1.807) is 37.4 Å². The summed E-state index contributed by atoms with van der Waals surface area (Å²) in [6.45, 7) is 2.00. The third-order valence-electron chi connectivity index (χ3n) is 5.03. The van der Waals surface area contributed by atoms with E-state index in [9.17, 15) is 9.59 Å². The molecule has 0 unspecified atom stereocenters. The Morgan fingerprint density at radius 3 is 1.45 bits per heavy atom. The first-order valence-electron chi connectivity index (χ1n) is 9.39. The maximum absolute atomic E-state index is 12.8. The highest BCUT2D eigenvalue weighted by Gasteiger charge is 2.12. The second-order valence-corrected chi connectivity index (χ2v) is 7.03. The van der Waals surface area contributed by atoms with Crippen LogP contribution in [-0.4, -0.2) is 18.7 Å². The van der Waals surface area contributed by atoms with Crippen molar-refractivity contribution in [1.29, 1.82) is 0 Å². The monoisotopic (exact) mass is 380 g/mol. The van der Waals surface area contributed by atoms with Crippen molar-refractivity contribution >= 4 is 22.3 Å². The molecule has 0 spiro atoms. The number of benzene rings is 4. The van der Waals surface area contributed by atoms with Crippen molar-refractivity contribution in [3.8, 4) is 5.75 Å². The maximum Gasteiger partial charge on any atom is 0.193 e. The van der Waals surface area contributed by atoms with Gasteiger partial charge in [-0.3, -0.25) is 9.59 Å². The molecule has 3 heteroatoms. The number of ether oxygens (including phenoxy) is 1. The molecule has 3 nitrogen and oxygen atoms in total. The SMILES string of the molecule is COc1ccc(C(=O)c2ccc3cc(C(=O)c4ccc(C)cc4)ccc3c2)cc1. The predicted octanol–water partition coefficient (Wildman–Crippen LogP) is 5.62. The lowest BCUT2D eigenvalue weighted by Gasteiger charge is -2.07. The Bertz CT molecular complexity index is 1200. The standard InChI is InChI=1S/C26H20O3/c1-17-3-5-18(6-4-17)25(27)22-9-7-21-16-23(10-8-20(21)15-22)26(28)19-11-13-24(29-2)14-12-19/h3-16H,1-2H3. The zero-order valence-corrected chi connectivity index (χ0v) is 16.3. The number of fused-ring (bicyclic) bond motifs is 1. The van der Waals surface area contributed by atoms with Crippen molar-refractivity contribution in [2.75, 3.05) is 7.11 Å². The van der Waals surface area contributed by atoms with Gasteiger partial charge >= 0.3 is 0 Å². The number of ketones is 2. The number of hydrogen-bond donors (Lipinski definition) is 0. The third kappa shape index (κ3) is 3.81. The highest BCUT2D eigenvalue weighted by Crippen LogP contribution is 2.22. The molecule has 0 saturated carbocycles. The van der Waals surface area contributed by atoms with Crippen LogP contribution < -0.4 is 4.74 Å². The van der Waals surface area contributed by atoms with E-state index in [0.29, 0.717) is 28.0 Å². The Morgan fingerprint density at radius 2 is 1.00 bits per heavy atom. The average Bonchev–Trinajstić information content (AvgIpc) is 2.78. The van der Waals surface area contributed by atoms with E-state index in [2.05, 4.69) is 0 Å². The molecule has 0 saturated heterocycles. The third-order valence-corrected chi connectivity index (χ3v) is 5.03. The molecule has 0 atom stereocenters. The minimum atomic E-state index is -0.0469. The lowest BCUT2D eigenvalue weighted by molar-refractivity contribution is 0.103. The number of methoxy groups -OCH3 is 1. The van der Waals surface area contributed by atoms with Crippen LogP contribution in [0.5, 0.6) is 5.75 Å². The van der Waals surface area contributed by atoms with Gasteiger partial charge in [0.1, 0.15) is 5.75 Å². The maximum atomic E-state index is 12.8. The number of carbonyl (C=O) groups excluding carboxylic acids is 2. The van der Waals surface area contributed by atoms with Crippen LogP contribution in [-0.2, 0) is 0 Å². The second-order valence-electron chi connectivity index (χ2n) is 7.03. The highest BCUT2D eigenvalue weighted by atomic mass is 16.5. The fourth-order valence-corrected chi connectivity index (χ4v) is 3.31. The Morgan fingerprint density at radius 1 is 0.586 bits per heavy atom. The molecular formula is C26H20O3. The molecule has 0 amide bonds. The summed E-state index contributed by atoms with van der Waals surface area (Å²) in [5.41, 5.74) is 3.64. The van der Waals surface area contributed by atoms with E-state index in [0.717, 1.165) is 16.3 Å². The van der Waals surface area contributed by atoms with Gasteiger partial charge in [0.25, 0.3) is 0 Å². The first kappa shape index (κ1) is 18.6.